The number of carbonyl (C=O) groups is 1. The molecule has 8 heteroatoms. The van der Waals surface area contributed by atoms with Crippen molar-refractivity contribution in [1.82, 2.24) is 29.9 Å². The number of hydrogen-bond donors (Lipinski definition) is 0. The Morgan fingerprint density at radius 3 is 2.44 bits per heavy atom. The molecule has 0 bridgehead atoms. The summed E-state index contributed by atoms with van der Waals surface area (Å²) in [5.74, 6) is 0.601. The van der Waals surface area contributed by atoms with Gasteiger partial charge in [-0.2, -0.15) is 0 Å². The summed E-state index contributed by atoms with van der Waals surface area (Å²) in [6, 6.07) is 7.85. The van der Waals surface area contributed by atoms with Crippen LogP contribution >= 0.6 is 0 Å². The van der Waals surface area contributed by atoms with E-state index in [9.17, 15) is 4.79 Å². The largest absolute Gasteiger partial charge is 0.337 e. The van der Waals surface area contributed by atoms with Crippen LogP contribution < -0.4 is 4.90 Å². The van der Waals surface area contributed by atoms with Crippen molar-refractivity contribution >= 4 is 11.9 Å². The van der Waals surface area contributed by atoms with Gasteiger partial charge in [-0.05, 0) is 43.2 Å². The van der Waals surface area contributed by atoms with Crippen molar-refractivity contribution in [2.75, 3.05) is 31.1 Å². The van der Waals surface area contributed by atoms with Crippen LogP contribution in [0.1, 0.15) is 21.6 Å². The summed E-state index contributed by atoms with van der Waals surface area (Å²) in [6.07, 6.45) is 5.15. The normalized spacial score (nSPS) is 14.4. The fourth-order valence-electron chi connectivity index (χ4n) is 3.08. The second kappa shape index (κ2) is 7.14. The molecule has 1 aliphatic heterocycles. The molecule has 27 heavy (non-hydrogen) atoms. The fraction of sp³-hybridized carbons (Fsp3) is 0.316. The van der Waals surface area contributed by atoms with Gasteiger partial charge in [0.1, 0.15) is 0 Å². The fourth-order valence-corrected chi connectivity index (χ4v) is 3.08. The van der Waals surface area contributed by atoms with Crippen LogP contribution in [0.4, 0.5) is 5.95 Å². The van der Waals surface area contributed by atoms with Gasteiger partial charge < -0.3 is 9.80 Å². The number of aromatic nitrogens is 5. The quantitative estimate of drug-likeness (QED) is 0.704. The maximum Gasteiger partial charge on any atom is 0.276 e. The Morgan fingerprint density at radius 2 is 1.74 bits per heavy atom. The van der Waals surface area contributed by atoms with Crippen molar-refractivity contribution < 1.29 is 4.79 Å². The summed E-state index contributed by atoms with van der Waals surface area (Å²) < 4.78 is 1.65. The number of rotatable bonds is 3. The maximum atomic E-state index is 12.8. The van der Waals surface area contributed by atoms with Gasteiger partial charge >= 0.3 is 0 Å². The van der Waals surface area contributed by atoms with Crippen LogP contribution in [0.3, 0.4) is 0 Å². The number of benzene rings is 1. The summed E-state index contributed by atoms with van der Waals surface area (Å²) >= 11 is 0. The summed E-state index contributed by atoms with van der Waals surface area (Å²) in [5, 5.41) is 8.20. The molecule has 0 N–H and O–H groups in total. The zero-order valence-electron chi connectivity index (χ0n) is 15.4. The predicted molar refractivity (Wildman–Crippen MR) is 101 cm³/mol. The first-order valence-corrected chi connectivity index (χ1v) is 8.93. The van der Waals surface area contributed by atoms with Crippen molar-refractivity contribution in [1.29, 1.82) is 0 Å². The Hall–Kier alpha value is -3.29. The maximum absolute atomic E-state index is 12.8. The van der Waals surface area contributed by atoms with Crippen LogP contribution in [-0.4, -0.2) is 61.9 Å². The van der Waals surface area contributed by atoms with E-state index in [1.807, 2.05) is 18.2 Å². The summed E-state index contributed by atoms with van der Waals surface area (Å²) in [6.45, 7) is 6.72. The molecule has 2 aromatic heterocycles. The standard InChI is InChI=1S/C19H21N7O/c1-14-4-5-16(12-15(14)2)26-13-17(22-23-26)18(27)24-8-10-25(11-9-24)19-20-6-3-7-21-19/h3-7,12-13H,8-11H2,1-2H3. The number of hydrogen-bond acceptors (Lipinski definition) is 6. The van der Waals surface area contributed by atoms with Crippen molar-refractivity contribution in [2.45, 2.75) is 13.8 Å². The molecule has 0 radical (unpaired) electrons. The van der Waals surface area contributed by atoms with E-state index >= 15 is 0 Å². The minimum absolute atomic E-state index is 0.0984. The monoisotopic (exact) mass is 363 g/mol. The lowest BCUT2D eigenvalue weighted by molar-refractivity contribution is 0.0740. The van der Waals surface area contributed by atoms with Crippen molar-refractivity contribution in [3.8, 4) is 5.69 Å². The second-order valence-corrected chi connectivity index (χ2v) is 6.64. The lowest BCUT2D eigenvalue weighted by Gasteiger charge is -2.34. The molecular formula is C19H21N7O. The lowest BCUT2D eigenvalue weighted by Crippen LogP contribution is -2.49. The Labute approximate surface area is 157 Å². The number of nitrogens with zero attached hydrogens (tertiary/aromatic N) is 7. The molecule has 0 aliphatic carbocycles. The number of carbonyl (C=O) groups excluding carboxylic acids is 1. The summed E-state index contributed by atoms with van der Waals surface area (Å²) in [7, 11) is 0. The third-order valence-corrected chi connectivity index (χ3v) is 4.87. The van der Waals surface area contributed by atoms with Gasteiger partial charge in [-0.1, -0.05) is 11.3 Å². The molecule has 3 aromatic rings. The van der Waals surface area contributed by atoms with Gasteiger partial charge in [-0.3, -0.25) is 4.79 Å². The van der Waals surface area contributed by atoms with E-state index < -0.39 is 0 Å². The molecule has 1 aliphatic rings. The van der Waals surface area contributed by atoms with Gasteiger partial charge in [0.2, 0.25) is 5.95 Å². The van der Waals surface area contributed by atoms with Crippen LogP contribution in [0.15, 0.2) is 42.9 Å². The van der Waals surface area contributed by atoms with E-state index in [1.165, 1.54) is 11.1 Å². The molecular weight excluding hydrogens is 342 g/mol. The molecule has 0 atom stereocenters. The number of piperazine rings is 1. The highest BCUT2D eigenvalue weighted by Crippen LogP contribution is 2.15. The van der Waals surface area contributed by atoms with E-state index in [0.29, 0.717) is 37.8 Å². The molecule has 8 nitrogen and oxygen atoms in total. The van der Waals surface area contributed by atoms with Crippen molar-refractivity contribution in [3.63, 3.8) is 0 Å². The number of amides is 1. The van der Waals surface area contributed by atoms with E-state index in [-0.39, 0.29) is 5.91 Å². The summed E-state index contributed by atoms with van der Waals surface area (Å²) in [5.41, 5.74) is 3.65. The first-order chi connectivity index (χ1) is 13.1. The Bertz CT molecular complexity index is 946. The topological polar surface area (TPSA) is 80.0 Å². The molecule has 1 amide bonds. The Morgan fingerprint density at radius 1 is 1.00 bits per heavy atom. The van der Waals surface area contributed by atoms with Gasteiger partial charge in [0.25, 0.3) is 5.91 Å². The lowest BCUT2D eigenvalue weighted by atomic mass is 10.1. The molecule has 4 rings (SSSR count). The third-order valence-electron chi connectivity index (χ3n) is 4.87. The first-order valence-electron chi connectivity index (χ1n) is 8.93. The average Bonchev–Trinajstić information content (AvgIpc) is 3.20. The zero-order valence-corrected chi connectivity index (χ0v) is 15.4. The molecule has 1 saturated heterocycles. The van der Waals surface area contributed by atoms with Crippen molar-refractivity contribution in [2.24, 2.45) is 0 Å². The molecule has 0 saturated carbocycles. The van der Waals surface area contributed by atoms with Gasteiger partial charge in [0.05, 0.1) is 11.9 Å². The van der Waals surface area contributed by atoms with E-state index in [2.05, 4.69) is 39.0 Å². The molecule has 138 valence electrons. The van der Waals surface area contributed by atoms with Gasteiger partial charge in [-0.15, -0.1) is 5.10 Å². The van der Waals surface area contributed by atoms with E-state index in [4.69, 9.17) is 0 Å². The highest BCUT2D eigenvalue weighted by Gasteiger charge is 2.25. The molecule has 0 unspecified atom stereocenters. The van der Waals surface area contributed by atoms with Crippen LogP contribution in [0, 0.1) is 13.8 Å². The van der Waals surface area contributed by atoms with Gasteiger partial charge in [-0.25, -0.2) is 14.6 Å². The Kier molecular flexibility index (Phi) is 4.53. The average molecular weight is 363 g/mol. The van der Waals surface area contributed by atoms with Crippen LogP contribution in [0.5, 0.6) is 0 Å². The van der Waals surface area contributed by atoms with Crippen LogP contribution in [0.25, 0.3) is 5.69 Å². The van der Waals surface area contributed by atoms with Gasteiger partial charge in [0.15, 0.2) is 5.69 Å². The number of aryl methyl sites for hydroxylation is 2. The van der Waals surface area contributed by atoms with E-state index in [1.54, 1.807) is 34.2 Å². The van der Waals surface area contributed by atoms with Crippen LogP contribution in [0.2, 0.25) is 0 Å². The van der Waals surface area contributed by atoms with Crippen LogP contribution in [-0.2, 0) is 0 Å². The SMILES string of the molecule is Cc1ccc(-n2cc(C(=O)N3CCN(c4ncccn4)CC3)nn2)cc1C. The first kappa shape index (κ1) is 17.1. The molecule has 0 spiro atoms. The molecule has 1 fully saturated rings. The Balaban J connectivity index is 1.43. The summed E-state index contributed by atoms with van der Waals surface area (Å²) in [4.78, 5) is 25.2. The van der Waals surface area contributed by atoms with Gasteiger partial charge in [0, 0.05) is 38.6 Å². The smallest absolute Gasteiger partial charge is 0.276 e. The zero-order chi connectivity index (χ0) is 18.8. The van der Waals surface area contributed by atoms with E-state index in [0.717, 1.165) is 5.69 Å². The molecule has 1 aromatic carbocycles. The number of anilines is 1. The highest BCUT2D eigenvalue weighted by atomic mass is 16.2. The second-order valence-electron chi connectivity index (χ2n) is 6.64. The van der Waals surface area contributed by atoms with Crippen molar-refractivity contribution in [3.05, 3.63) is 59.7 Å². The third kappa shape index (κ3) is 3.51. The molecule has 3 heterocycles. The highest BCUT2D eigenvalue weighted by molar-refractivity contribution is 5.92. The minimum Gasteiger partial charge on any atom is -0.337 e. The predicted octanol–water partition coefficient (Wildman–Crippen LogP) is 1.64. The minimum atomic E-state index is -0.0984.